The average Bonchev–Trinajstić information content (AvgIpc) is 2.80. The molecule has 0 radical (unpaired) electrons. The summed E-state index contributed by atoms with van der Waals surface area (Å²) in [5.41, 5.74) is 4.48. The highest BCUT2D eigenvalue weighted by molar-refractivity contribution is 9.10. The first-order valence-corrected chi connectivity index (χ1v) is 9.82. The standard InChI is InChI=1S/C21H18BrN3O2/c1-11-5-7-15-17(9-11)23-16-3-2-4-18(26)19(16)21(25-15)13-10-12(22)6-8-14(13)24-20(21)27/h5-10,23,25H,2-4H2,1H3,(H,24,27). The van der Waals surface area contributed by atoms with Gasteiger partial charge in [-0.15, -0.1) is 0 Å². The minimum Gasteiger partial charge on any atom is -0.362 e. The number of fused-ring (bicyclic) bond motifs is 4. The van der Waals surface area contributed by atoms with Gasteiger partial charge in [0.2, 0.25) is 0 Å². The molecule has 136 valence electrons. The van der Waals surface area contributed by atoms with Crippen LogP contribution in [0.4, 0.5) is 17.1 Å². The molecule has 27 heavy (non-hydrogen) atoms. The van der Waals surface area contributed by atoms with E-state index in [1.165, 1.54) is 0 Å². The molecule has 3 N–H and O–H groups in total. The number of carbonyl (C=O) groups excluding carboxylic acids is 2. The Labute approximate surface area is 165 Å². The molecule has 1 atom stereocenters. The summed E-state index contributed by atoms with van der Waals surface area (Å²) in [6.07, 6.45) is 1.99. The number of benzene rings is 2. The highest BCUT2D eigenvalue weighted by Gasteiger charge is 2.54. The fraction of sp³-hybridized carbons (Fsp3) is 0.238. The second kappa shape index (κ2) is 5.70. The van der Waals surface area contributed by atoms with E-state index < -0.39 is 5.54 Å². The monoisotopic (exact) mass is 423 g/mol. The number of rotatable bonds is 0. The molecule has 6 heteroatoms. The van der Waals surface area contributed by atoms with E-state index in [1.807, 2.05) is 43.3 Å². The van der Waals surface area contributed by atoms with Crippen LogP contribution < -0.4 is 16.0 Å². The number of hydrogen-bond donors (Lipinski definition) is 3. The van der Waals surface area contributed by atoms with Crippen molar-refractivity contribution in [2.45, 2.75) is 31.7 Å². The van der Waals surface area contributed by atoms with Crippen LogP contribution >= 0.6 is 15.9 Å². The summed E-state index contributed by atoms with van der Waals surface area (Å²) in [5, 5.41) is 9.88. The highest BCUT2D eigenvalue weighted by atomic mass is 79.9. The summed E-state index contributed by atoms with van der Waals surface area (Å²) >= 11 is 3.52. The number of ketones is 1. The number of amides is 1. The van der Waals surface area contributed by atoms with Gasteiger partial charge in [-0.3, -0.25) is 9.59 Å². The van der Waals surface area contributed by atoms with Gasteiger partial charge >= 0.3 is 0 Å². The largest absolute Gasteiger partial charge is 0.362 e. The lowest BCUT2D eigenvalue weighted by atomic mass is 9.76. The van der Waals surface area contributed by atoms with E-state index >= 15 is 0 Å². The molecule has 1 aliphatic carbocycles. The lowest BCUT2D eigenvalue weighted by Gasteiger charge is -2.33. The van der Waals surface area contributed by atoms with Gasteiger partial charge in [-0.05, 0) is 55.7 Å². The second-order valence-electron chi connectivity index (χ2n) is 7.32. The molecule has 5 nitrogen and oxygen atoms in total. The molecular formula is C21H18BrN3O2. The van der Waals surface area contributed by atoms with Crippen molar-refractivity contribution in [1.29, 1.82) is 0 Å². The summed E-state index contributed by atoms with van der Waals surface area (Å²) < 4.78 is 0.866. The maximum Gasteiger partial charge on any atom is 0.259 e. The van der Waals surface area contributed by atoms with Gasteiger partial charge in [0.05, 0.1) is 16.9 Å². The number of halogens is 1. The third-order valence-corrected chi connectivity index (χ3v) is 6.04. The highest BCUT2D eigenvalue weighted by Crippen LogP contribution is 2.50. The molecule has 1 amide bonds. The first-order chi connectivity index (χ1) is 13.0. The van der Waals surface area contributed by atoms with Crippen molar-refractivity contribution in [1.82, 2.24) is 0 Å². The van der Waals surface area contributed by atoms with Crippen LogP contribution in [0.3, 0.4) is 0 Å². The van der Waals surface area contributed by atoms with Crippen LogP contribution in [0.25, 0.3) is 0 Å². The fourth-order valence-corrected chi connectivity index (χ4v) is 4.71. The zero-order valence-corrected chi connectivity index (χ0v) is 16.4. The average molecular weight is 424 g/mol. The maximum absolute atomic E-state index is 13.3. The van der Waals surface area contributed by atoms with Crippen LogP contribution in [0.1, 0.15) is 30.4 Å². The molecule has 2 aromatic rings. The van der Waals surface area contributed by atoms with Crippen molar-refractivity contribution in [2.75, 3.05) is 16.0 Å². The zero-order valence-electron chi connectivity index (χ0n) is 14.8. The molecule has 0 saturated carbocycles. The number of anilines is 3. The summed E-state index contributed by atoms with van der Waals surface area (Å²) in [5.74, 6) is -0.197. The summed E-state index contributed by atoms with van der Waals surface area (Å²) in [6.45, 7) is 2.03. The van der Waals surface area contributed by atoms with E-state index in [4.69, 9.17) is 0 Å². The van der Waals surface area contributed by atoms with E-state index in [1.54, 1.807) is 0 Å². The molecule has 0 bridgehead atoms. The third kappa shape index (κ3) is 2.29. The molecule has 3 aliphatic rings. The van der Waals surface area contributed by atoms with Gasteiger partial charge < -0.3 is 16.0 Å². The Balaban J connectivity index is 1.84. The van der Waals surface area contributed by atoms with Crippen molar-refractivity contribution >= 4 is 44.7 Å². The molecule has 2 aromatic carbocycles. The van der Waals surface area contributed by atoms with Crippen LogP contribution in [0.5, 0.6) is 0 Å². The molecule has 5 rings (SSSR count). The molecule has 1 unspecified atom stereocenters. The Morgan fingerprint density at radius 3 is 2.63 bits per heavy atom. The summed E-state index contributed by atoms with van der Waals surface area (Å²) in [7, 11) is 0. The Hall–Kier alpha value is -2.60. The van der Waals surface area contributed by atoms with Gasteiger partial charge in [0.1, 0.15) is 0 Å². The van der Waals surface area contributed by atoms with Crippen LogP contribution in [-0.4, -0.2) is 11.7 Å². The number of Topliss-reactive ketones (excluding diaryl/α,β-unsaturated/α-hetero) is 1. The van der Waals surface area contributed by atoms with Gasteiger partial charge in [-0.25, -0.2) is 0 Å². The predicted octanol–water partition coefficient (Wildman–Crippen LogP) is 4.45. The first-order valence-electron chi connectivity index (χ1n) is 9.03. The fourth-order valence-electron chi connectivity index (χ4n) is 4.35. The van der Waals surface area contributed by atoms with Crippen LogP contribution in [0, 0.1) is 6.92 Å². The zero-order chi connectivity index (χ0) is 18.8. The second-order valence-corrected chi connectivity index (χ2v) is 8.24. The Kier molecular flexibility index (Phi) is 3.49. The van der Waals surface area contributed by atoms with Crippen LogP contribution in [0.2, 0.25) is 0 Å². The molecule has 1 spiro atoms. The summed E-state index contributed by atoms with van der Waals surface area (Å²) in [4.78, 5) is 26.4. The topological polar surface area (TPSA) is 70.2 Å². The minimum atomic E-state index is -1.22. The normalized spacial score (nSPS) is 23.0. The molecule has 2 aliphatic heterocycles. The predicted molar refractivity (Wildman–Crippen MR) is 109 cm³/mol. The molecular weight excluding hydrogens is 406 g/mol. The van der Waals surface area contributed by atoms with E-state index in [0.717, 1.165) is 51.2 Å². The van der Waals surface area contributed by atoms with Crippen molar-refractivity contribution < 1.29 is 9.59 Å². The number of hydrogen-bond acceptors (Lipinski definition) is 4. The van der Waals surface area contributed by atoms with E-state index in [2.05, 4.69) is 31.9 Å². The maximum atomic E-state index is 13.3. The molecule has 0 aromatic heterocycles. The van der Waals surface area contributed by atoms with E-state index in [0.29, 0.717) is 12.0 Å². The first kappa shape index (κ1) is 16.6. The number of allylic oxidation sites excluding steroid dienone is 1. The SMILES string of the molecule is Cc1ccc2c(c1)NC1=C(C(=O)CCC1)C1(N2)C(=O)Nc2ccc(Br)cc21. The smallest absolute Gasteiger partial charge is 0.259 e. The lowest BCUT2D eigenvalue weighted by molar-refractivity contribution is -0.122. The van der Waals surface area contributed by atoms with Gasteiger partial charge in [-0.1, -0.05) is 22.0 Å². The molecule has 2 heterocycles. The molecule has 0 fully saturated rings. The van der Waals surface area contributed by atoms with Gasteiger partial charge in [-0.2, -0.15) is 0 Å². The van der Waals surface area contributed by atoms with Gasteiger partial charge in [0.25, 0.3) is 5.91 Å². The number of nitrogens with one attached hydrogen (secondary N) is 3. The number of aryl methyl sites for hydroxylation is 1. The van der Waals surface area contributed by atoms with Crippen molar-refractivity contribution in [3.63, 3.8) is 0 Å². The van der Waals surface area contributed by atoms with Crippen molar-refractivity contribution in [2.24, 2.45) is 0 Å². The minimum absolute atomic E-state index is 0.0174. The lowest BCUT2D eigenvalue weighted by Crippen LogP contribution is -2.47. The van der Waals surface area contributed by atoms with Crippen LogP contribution in [0.15, 0.2) is 52.1 Å². The Bertz CT molecular complexity index is 1060. The van der Waals surface area contributed by atoms with E-state index in [9.17, 15) is 9.59 Å². The van der Waals surface area contributed by atoms with Crippen molar-refractivity contribution in [3.8, 4) is 0 Å². The Morgan fingerprint density at radius 2 is 1.78 bits per heavy atom. The molecule has 0 saturated heterocycles. The van der Waals surface area contributed by atoms with Gasteiger partial charge in [0, 0.05) is 27.8 Å². The van der Waals surface area contributed by atoms with Gasteiger partial charge in [0.15, 0.2) is 11.3 Å². The Morgan fingerprint density at radius 1 is 0.963 bits per heavy atom. The third-order valence-electron chi connectivity index (χ3n) is 5.54. The van der Waals surface area contributed by atoms with Crippen molar-refractivity contribution in [3.05, 3.63) is 63.3 Å². The number of carbonyl (C=O) groups is 2. The summed E-state index contributed by atoms with van der Waals surface area (Å²) in [6, 6.07) is 11.7. The van der Waals surface area contributed by atoms with Crippen LogP contribution in [-0.2, 0) is 15.1 Å². The quantitative estimate of drug-likeness (QED) is 0.585. The van der Waals surface area contributed by atoms with E-state index in [-0.39, 0.29) is 11.7 Å².